The standard InChI is InChI=1S/C13H11ClF3N5O3/c14-6-3-7-9(20(25)2-1-19-7)4-8(6)21-11(23)5-10(13(15,16)17)22(18)12(21)24/h3-5,19,25H,1-2,18H2. The summed E-state index contributed by atoms with van der Waals surface area (Å²) >= 11 is 6.06. The van der Waals surface area contributed by atoms with Crippen molar-refractivity contribution in [1.29, 1.82) is 0 Å². The molecule has 1 aliphatic heterocycles. The molecule has 12 heteroatoms. The van der Waals surface area contributed by atoms with E-state index in [1.165, 1.54) is 12.1 Å². The molecule has 0 fully saturated rings. The number of rotatable bonds is 1. The summed E-state index contributed by atoms with van der Waals surface area (Å²) in [7, 11) is 0. The van der Waals surface area contributed by atoms with Gasteiger partial charge in [0.2, 0.25) is 0 Å². The molecule has 0 bridgehead atoms. The Labute approximate surface area is 142 Å². The van der Waals surface area contributed by atoms with Crippen LogP contribution in [0.5, 0.6) is 0 Å². The molecule has 0 saturated carbocycles. The Balaban J connectivity index is 2.28. The zero-order valence-electron chi connectivity index (χ0n) is 12.3. The third-order valence-corrected chi connectivity index (χ3v) is 3.95. The highest BCUT2D eigenvalue weighted by molar-refractivity contribution is 6.33. The summed E-state index contributed by atoms with van der Waals surface area (Å²) < 4.78 is 38.7. The Morgan fingerprint density at radius 3 is 2.52 bits per heavy atom. The number of nitrogens with zero attached hydrogens (tertiary/aromatic N) is 3. The van der Waals surface area contributed by atoms with Crippen LogP contribution < -0.4 is 27.5 Å². The molecule has 1 aromatic heterocycles. The second-order valence-electron chi connectivity index (χ2n) is 5.22. The number of hydroxylamine groups is 1. The van der Waals surface area contributed by atoms with Gasteiger partial charge in [-0.25, -0.2) is 14.0 Å². The van der Waals surface area contributed by atoms with Gasteiger partial charge in [0.15, 0.2) is 5.69 Å². The summed E-state index contributed by atoms with van der Waals surface area (Å²) in [5.74, 6) is 5.20. The second kappa shape index (κ2) is 5.70. The number of halogens is 4. The largest absolute Gasteiger partial charge is 0.433 e. The molecule has 0 radical (unpaired) electrons. The van der Waals surface area contributed by atoms with Gasteiger partial charge >= 0.3 is 11.9 Å². The quantitative estimate of drug-likeness (QED) is 0.640. The molecule has 25 heavy (non-hydrogen) atoms. The average Bonchev–Trinajstić information content (AvgIpc) is 2.51. The van der Waals surface area contributed by atoms with E-state index in [2.05, 4.69) is 5.32 Å². The maximum absolute atomic E-state index is 12.8. The molecular weight excluding hydrogens is 367 g/mol. The van der Waals surface area contributed by atoms with E-state index in [4.69, 9.17) is 17.4 Å². The number of fused-ring (bicyclic) bond motifs is 1. The predicted molar refractivity (Wildman–Crippen MR) is 84.1 cm³/mol. The molecule has 0 amide bonds. The molecule has 0 atom stereocenters. The van der Waals surface area contributed by atoms with Crippen LogP contribution in [0.3, 0.4) is 0 Å². The van der Waals surface area contributed by atoms with Crippen LogP contribution in [0.4, 0.5) is 24.5 Å². The molecule has 4 N–H and O–H groups in total. The molecule has 0 aliphatic carbocycles. The maximum Gasteiger partial charge on any atom is 0.433 e. The van der Waals surface area contributed by atoms with Crippen molar-refractivity contribution in [2.75, 3.05) is 29.3 Å². The minimum atomic E-state index is -4.97. The third kappa shape index (κ3) is 2.81. The van der Waals surface area contributed by atoms with E-state index >= 15 is 0 Å². The molecule has 3 rings (SSSR count). The van der Waals surface area contributed by atoms with Crippen molar-refractivity contribution in [3.05, 3.63) is 49.8 Å². The lowest BCUT2D eigenvalue weighted by Crippen LogP contribution is -2.45. The highest BCUT2D eigenvalue weighted by atomic mass is 35.5. The van der Waals surface area contributed by atoms with E-state index < -0.39 is 23.1 Å². The van der Waals surface area contributed by atoms with Crippen molar-refractivity contribution in [2.45, 2.75) is 6.18 Å². The minimum absolute atomic E-state index is 0.0829. The normalized spacial score (nSPS) is 14.2. The lowest BCUT2D eigenvalue weighted by molar-refractivity contribution is -0.143. The number of nitrogen functional groups attached to an aromatic ring is 1. The van der Waals surface area contributed by atoms with Crippen molar-refractivity contribution in [3.8, 4) is 5.69 Å². The molecular formula is C13H11ClF3N5O3. The summed E-state index contributed by atoms with van der Waals surface area (Å²) in [5, 5.41) is 13.6. The molecule has 0 spiro atoms. The first-order valence-electron chi connectivity index (χ1n) is 6.87. The number of hydrogen-bond donors (Lipinski definition) is 3. The fourth-order valence-electron chi connectivity index (χ4n) is 2.49. The number of nitrogens with one attached hydrogen (secondary N) is 1. The maximum atomic E-state index is 12.8. The monoisotopic (exact) mass is 377 g/mol. The number of hydrogen-bond acceptors (Lipinski definition) is 6. The molecule has 0 saturated heterocycles. The van der Waals surface area contributed by atoms with Gasteiger partial charge in [0.25, 0.3) is 5.56 Å². The highest BCUT2D eigenvalue weighted by Crippen LogP contribution is 2.34. The van der Waals surface area contributed by atoms with Crippen LogP contribution in [0.15, 0.2) is 27.8 Å². The number of benzene rings is 1. The fraction of sp³-hybridized carbons (Fsp3) is 0.231. The Bertz CT molecular complexity index is 969. The van der Waals surface area contributed by atoms with Gasteiger partial charge in [0.05, 0.1) is 28.6 Å². The van der Waals surface area contributed by atoms with E-state index in [9.17, 15) is 28.0 Å². The number of anilines is 2. The van der Waals surface area contributed by atoms with Gasteiger partial charge in [-0.05, 0) is 12.1 Å². The molecule has 8 nitrogen and oxygen atoms in total. The number of nitrogens with two attached hydrogens (primary N) is 1. The van der Waals surface area contributed by atoms with Crippen molar-refractivity contribution >= 4 is 23.0 Å². The summed E-state index contributed by atoms with van der Waals surface area (Å²) in [6.45, 7) is 0.645. The van der Waals surface area contributed by atoms with Gasteiger partial charge in [-0.1, -0.05) is 11.6 Å². The summed E-state index contributed by atoms with van der Waals surface area (Å²) in [5.41, 5.74) is -3.82. The molecule has 0 unspecified atom stereocenters. The van der Waals surface area contributed by atoms with Crippen molar-refractivity contribution in [1.82, 2.24) is 9.24 Å². The topological polar surface area (TPSA) is 106 Å². The molecule has 134 valence electrons. The fourth-order valence-corrected chi connectivity index (χ4v) is 2.74. The minimum Gasteiger partial charge on any atom is -0.381 e. The first-order chi connectivity index (χ1) is 11.6. The Kier molecular flexibility index (Phi) is 3.92. The number of aromatic nitrogens is 2. The van der Waals surface area contributed by atoms with Crippen molar-refractivity contribution in [3.63, 3.8) is 0 Å². The van der Waals surface area contributed by atoms with Crippen LogP contribution in [0.1, 0.15) is 5.69 Å². The van der Waals surface area contributed by atoms with Gasteiger partial charge in [-0.3, -0.25) is 15.1 Å². The van der Waals surface area contributed by atoms with E-state index in [1.54, 1.807) is 0 Å². The van der Waals surface area contributed by atoms with Crippen molar-refractivity contribution in [2.24, 2.45) is 0 Å². The lowest BCUT2D eigenvalue weighted by Gasteiger charge is -2.27. The average molecular weight is 378 g/mol. The van der Waals surface area contributed by atoms with E-state index in [0.717, 1.165) is 5.06 Å². The van der Waals surface area contributed by atoms with Crippen LogP contribution in [0.2, 0.25) is 5.02 Å². The van der Waals surface area contributed by atoms with E-state index in [-0.39, 0.29) is 33.7 Å². The van der Waals surface area contributed by atoms with Crippen LogP contribution in [-0.4, -0.2) is 27.5 Å². The SMILES string of the molecule is Nn1c(C(F)(F)F)cc(=O)n(-c2cc3c(cc2Cl)NCCN3O)c1=O. The zero-order valence-corrected chi connectivity index (χ0v) is 13.1. The summed E-state index contributed by atoms with van der Waals surface area (Å²) in [6, 6.07) is 2.75. The predicted octanol–water partition coefficient (Wildman–Crippen LogP) is 1.01. The van der Waals surface area contributed by atoms with Crippen LogP contribution in [0.25, 0.3) is 5.69 Å². The van der Waals surface area contributed by atoms with Gasteiger partial charge in [0.1, 0.15) is 0 Å². The van der Waals surface area contributed by atoms with Gasteiger partial charge < -0.3 is 11.2 Å². The van der Waals surface area contributed by atoms with Gasteiger partial charge in [-0.15, -0.1) is 0 Å². The third-order valence-electron chi connectivity index (χ3n) is 3.65. The zero-order chi connectivity index (χ0) is 18.5. The molecule has 1 aromatic carbocycles. The highest BCUT2D eigenvalue weighted by Gasteiger charge is 2.36. The Morgan fingerprint density at radius 1 is 1.20 bits per heavy atom. The van der Waals surface area contributed by atoms with Crippen LogP contribution in [0, 0.1) is 0 Å². The summed E-state index contributed by atoms with van der Waals surface area (Å²) in [6.07, 6.45) is -4.97. The smallest absolute Gasteiger partial charge is 0.381 e. The molecule has 1 aliphatic rings. The van der Waals surface area contributed by atoms with Crippen LogP contribution >= 0.6 is 11.6 Å². The Morgan fingerprint density at radius 2 is 1.88 bits per heavy atom. The molecule has 2 heterocycles. The second-order valence-corrected chi connectivity index (χ2v) is 5.63. The first kappa shape index (κ1) is 17.2. The van der Waals surface area contributed by atoms with Crippen molar-refractivity contribution < 1.29 is 18.4 Å². The Hall–Kier alpha value is -2.66. The van der Waals surface area contributed by atoms with Crippen LogP contribution in [-0.2, 0) is 6.18 Å². The van der Waals surface area contributed by atoms with E-state index in [0.29, 0.717) is 16.8 Å². The van der Waals surface area contributed by atoms with Gasteiger partial charge in [-0.2, -0.15) is 13.2 Å². The first-order valence-corrected chi connectivity index (χ1v) is 7.24. The lowest BCUT2D eigenvalue weighted by atomic mass is 10.2. The number of alkyl halides is 3. The summed E-state index contributed by atoms with van der Waals surface area (Å²) in [4.78, 5) is 24.3. The molecule has 2 aromatic rings. The van der Waals surface area contributed by atoms with Gasteiger partial charge in [0, 0.05) is 12.6 Å². The van der Waals surface area contributed by atoms with E-state index in [1.807, 2.05) is 0 Å².